The molecule has 0 saturated heterocycles. The highest BCUT2D eigenvalue weighted by Gasteiger charge is 2.31. The first-order valence-corrected chi connectivity index (χ1v) is 5.47. The molecule has 0 heterocycles. The third-order valence-electron chi connectivity index (χ3n) is 3.14. The van der Waals surface area contributed by atoms with Crippen LogP contribution in [0.15, 0.2) is 0 Å². The SMILES string of the molecule is COC1CCCC1NCC(C)(C)C(=O)O. The fourth-order valence-electron chi connectivity index (χ4n) is 1.90. The molecular formula is C11H21NO3. The van der Waals surface area contributed by atoms with Gasteiger partial charge in [-0.15, -0.1) is 0 Å². The summed E-state index contributed by atoms with van der Waals surface area (Å²) in [5, 5.41) is 12.3. The van der Waals surface area contributed by atoms with Gasteiger partial charge in [0, 0.05) is 19.7 Å². The average Bonchev–Trinajstić information content (AvgIpc) is 2.61. The summed E-state index contributed by atoms with van der Waals surface area (Å²) in [6.45, 7) is 3.96. The van der Waals surface area contributed by atoms with Crippen LogP contribution in [0.2, 0.25) is 0 Å². The van der Waals surface area contributed by atoms with Gasteiger partial charge in [-0.1, -0.05) is 0 Å². The Morgan fingerprint density at radius 1 is 1.53 bits per heavy atom. The Labute approximate surface area is 91.0 Å². The zero-order chi connectivity index (χ0) is 11.5. The maximum absolute atomic E-state index is 10.9. The number of hydrogen-bond acceptors (Lipinski definition) is 3. The number of nitrogens with one attached hydrogen (secondary N) is 1. The molecule has 0 aromatic carbocycles. The Kier molecular flexibility index (Phi) is 4.11. The lowest BCUT2D eigenvalue weighted by molar-refractivity contribution is -0.146. The van der Waals surface area contributed by atoms with Crippen LogP contribution in [0.25, 0.3) is 0 Å². The van der Waals surface area contributed by atoms with Gasteiger partial charge in [0.05, 0.1) is 11.5 Å². The second-order valence-electron chi connectivity index (χ2n) is 4.88. The fourth-order valence-corrected chi connectivity index (χ4v) is 1.90. The summed E-state index contributed by atoms with van der Waals surface area (Å²) in [5.41, 5.74) is -0.707. The van der Waals surface area contributed by atoms with Gasteiger partial charge in [0.25, 0.3) is 0 Å². The van der Waals surface area contributed by atoms with E-state index in [1.807, 2.05) is 0 Å². The van der Waals surface area contributed by atoms with Crippen molar-refractivity contribution in [1.29, 1.82) is 0 Å². The first-order chi connectivity index (χ1) is 6.97. The molecule has 1 saturated carbocycles. The molecule has 1 rings (SSSR count). The van der Waals surface area contributed by atoms with Crippen LogP contribution >= 0.6 is 0 Å². The van der Waals surface area contributed by atoms with Crippen molar-refractivity contribution in [3.63, 3.8) is 0 Å². The van der Waals surface area contributed by atoms with Crippen LogP contribution in [0.3, 0.4) is 0 Å². The summed E-state index contributed by atoms with van der Waals surface area (Å²) in [6.07, 6.45) is 3.55. The van der Waals surface area contributed by atoms with Crippen LogP contribution in [0.5, 0.6) is 0 Å². The Morgan fingerprint density at radius 3 is 2.73 bits per heavy atom. The van der Waals surface area contributed by atoms with Crippen molar-refractivity contribution in [1.82, 2.24) is 5.32 Å². The third kappa shape index (κ3) is 3.18. The summed E-state index contributed by atoms with van der Waals surface area (Å²) in [7, 11) is 1.72. The predicted molar refractivity (Wildman–Crippen MR) is 57.9 cm³/mol. The zero-order valence-electron chi connectivity index (χ0n) is 9.75. The van der Waals surface area contributed by atoms with Crippen molar-refractivity contribution >= 4 is 5.97 Å². The summed E-state index contributed by atoms with van der Waals surface area (Å²) in [6, 6.07) is 0.314. The molecule has 0 amide bonds. The van der Waals surface area contributed by atoms with E-state index in [1.165, 1.54) is 0 Å². The number of carboxylic acids is 1. The number of aliphatic carboxylic acids is 1. The maximum atomic E-state index is 10.9. The fraction of sp³-hybridized carbons (Fsp3) is 0.909. The number of carboxylic acid groups (broad SMARTS) is 1. The number of hydrogen-bond donors (Lipinski definition) is 2. The van der Waals surface area contributed by atoms with Gasteiger partial charge in [-0.25, -0.2) is 0 Å². The zero-order valence-corrected chi connectivity index (χ0v) is 9.75. The molecule has 0 aromatic rings. The summed E-state index contributed by atoms with van der Waals surface area (Å²) < 4.78 is 5.34. The molecule has 0 bridgehead atoms. The van der Waals surface area contributed by atoms with Gasteiger partial charge in [-0.2, -0.15) is 0 Å². The molecule has 0 aromatic heterocycles. The third-order valence-corrected chi connectivity index (χ3v) is 3.14. The minimum Gasteiger partial charge on any atom is -0.481 e. The van der Waals surface area contributed by atoms with Gasteiger partial charge in [0.1, 0.15) is 0 Å². The molecule has 1 aliphatic carbocycles. The minimum atomic E-state index is -0.762. The van der Waals surface area contributed by atoms with E-state index in [0.29, 0.717) is 12.6 Å². The summed E-state index contributed by atoms with van der Waals surface area (Å²) in [4.78, 5) is 10.9. The van der Waals surface area contributed by atoms with E-state index in [-0.39, 0.29) is 6.10 Å². The highest BCUT2D eigenvalue weighted by atomic mass is 16.5. The van der Waals surface area contributed by atoms with Gasteiger partial charge >= 0.3 is 5.97 Å². The van der Waals surface area contributed by atoms with Crippen LogP contribution in [0, 0.1) is 5.41 Å². The molecule has 88 valence electrons. The molecule has 2 N–H and O–H groups in total. The van der Waals surface area contributed by atoms with E-state index >= 15 is 0 Å². The molecule has 1 fully saturated rings. The lowest BCUT2D eigenvalue weighted by atomic mass is 9.93. The maximum Gasteiger partial charge on any atom is 0.310 e. The number of rotatable bonds is 5. The number of carbonyl (C=O) groups is 1. The van der Waals surface area contributed by atoms with Gasteiger partial charge in [-0.05, 0) is 33.1 Å². The van der Waals surface area contributed by atoms with Crippen LogP contribution in [-0.4, -0.2) is 36.9 Å². The average molecular weight is 215 g/mol. The predicted octanol–water partition coefficient (Wildman–Crippen LogP) is 1.25. The molecule has 0 aliphatic heterocycles. The van der Waals surface area contributed by atoms with E-state index in [0.717, 1.165) is 19.3 Å². The first-order valence-electron chi connectivity index (χ1n) is 5.47. The van der Waals surface area contributed by atoms with Gasteiger partial charge in [0.15, 0.2) is 0 Å². The van der Waals surface area contributed by atoms with Crippen molar-refractivity contribution in [2.75, 3.05) is 13.7 Å². The molecular weight excluding hydrogens is 194 g/mol. The lowest BCUT2D eigenvalue weighted by Crippen LogP contribution is -2.44. The second-order valence-corrected chi connectivity index (χ2v) is 4.88. The van der Waals surface area contributed by atoms with E-state index in [4.69, 9.17) is 9.84 Å². The quantitative estimate of drug-likeness (QED) is 0.724. The molecule has 0 radical (unpaired) electrons. The Bertz CT molecular complexity index is 228. The topological polar surface area (TPSA) is 58.6 Å². The highest BCUT2D eigenvalue weighted by molar-refractivity contribution is 5.73. The monoisotopic (exact) mass is 215 g/mol. The Balaban J connectivity index is 2.39. The van der Waals surface area contributed by atoms with Crippen molar-refractivity contribution in [3.8, 4) is 0 Å². The second kappa shape index (κ2) is 4.94. The van der Waals surface area contributed by atoms with Gasteiger partial charge < -0.3 is 15.2 Å². The molecule has 2 atom stereocenters. The van der Waals surface area contributed by atoms with Crippen LogP contribution in [-0.2, 0) is 9.53 Å². The molecule has 2 unspecified atom stereocenters. The molecule has 4 nitrogen and oxygen atoms in total. The summed E-state index contributed by atoms with van der Waals surface area (Å²) >= 11 is 0. The van der Waals surface area contributed by atoms with Gasteiger partial charge in [-0.3, -0.25) is 4.79 Å². The smallest absolute Gasteiger partial charge is 0.310 e. The van der Waals surface area contributed by atoms with E-state index in [9.17, 15) is 4.79 Å². The van der Waals surface area contributed by atoms with Gasteiger partial charge in [0.2, 0.25) is 0 Å². The molecule has 4 heteroatoms. The summed E-state index contributed by atoms with van der Waals surface area (Å²) in [5.74, 6) is -0.762. The largest absolute Gasteiger partial charge is 0.481 e. The normalized spacial score (nSPS) is 26.9. The standard InChI is InChI=1S/C11H21NO3/c1-11(2,10(13)14)7-12-8-5-4-6-9(8)15-3/h8-9,12H,4-7H2,1-3H3,(H,13,14). The molecule has 15 heavy (non-hydrogen) atoms. The number of ether oxygens (including phenoxy) is 1. The minimum absolute atomic E-state index is 0.245. The van der Waals surface area contributed by atoms with E-state index in [2.05, 4.69) is 5.32 Å². The van der Waals surface area contributed by atoms with Crippen molar-refractivity contribution in [3.05, 3.63) is 0 Å². The Hall–Kier alpha value is -0.610. The van der Waals surface area contributed by atoms with Crippen molar-refractivity contribution in [2.24, 2.45) is 5.41 Å². The first kappa shape index (κ1) is 12.5. The van der Waals surface area contributed by atoms with Crippen molar-refractivity contribution < 1.29 is 14.6 Å². The number of methoxy groups -OCH3 is 1. The van der Waals surface area contributed by atoms with E-state index < -0.39 is 11.4 Å². The lowest BCUT2D eigenvalue weighted by Gasteiger charge is -2.25. The molecule has 1 aliphatic rings. The Morgan fingerprint density at radius 2 is 2.20 bits per heavy atom. The van der Waals surface area contributed by atoms with E-state index in [1.54, 1.807) is 21.0 Å². The molecule has 0 spiro atoms. The van der Waals surface area contributed by atoms with Crippen LogP contribution < -0.4 is 5.32 Å². The van der Waals surface area contributed by atoms with Crippen LogP contribution in [0.4, 0.5) is 0 Å². The van der Waals surface area contributed by atoms with Crippen LogP contribution in [0.1, 0.15) is 33.1 Å². The highest BCUT2D eigenvalue weighted by Crippen LogP contribution is 2.23. The van der Waals surface area contributed by atoms with Crippen molar-refractivity contribution in [2.45, 2.75) is 45.3 Å².